The molecule has 1 aromatic heterocycles. The van der Waals surface area contributed by atoms with Gasteiger partial charge >= 0.3 is 0 Å². The molecule has 0 spiro atoms. The van der Waals surface area contributed by atoms with Crippen molar-refractivity contribution in [2.24, 2.45) is 7.05 Å². The van der Waals surface area contributed by atoms with Crippen molar-refractivity contribution in [3.05, 3.63) is 59.4 Å². The molecule has 1 aliphatic heterocycles. The first-order valence-electron chi connectivity index (χ1n) is 9.98. The van der Waals surface area contributed by atoms with E-state index >= 15 is 0 Å². The van der Waals surface area contributed by atoms with Gasteiger partial charge in [0.2, 0.25) is 0 Å². The van der Waals surface area contributed by atoms with Crippen LogP contribution in [0.25, 0.3) is 32.9 Å². The van der Waals surface area contributed by atoms with Crippen molar-refractivity contribution in [1.29, 1.82) is 0 Å². The summed E-state index contributed by atoms with van der Waals surface area (Å²) in [6.45, 7) is 9.01. The van der Waals surface area contributed by atoms with E-state index in [9.17, 15) is 0 Å². The highest BCUT2D eigenvalue weighted by Gasteiger charge is 2.32. The van der Waals surface area contributed by atoms with Gasteiger partial charge in [-0.1, -0.05) is 38.1 Å². The third-order valence-corrected chi connectivity index (χ3v) is 6.38. The first kappa shape index (κ1) is 17.2. The van der Waals surface area contributed by atoms with Crippen LogP contribution < -0.4 is 9.47 Å². The van der Waals surface area contributed by atoms with Crippen molar-refractivity contribution in [2.45, 2.75) is 33.6 Å². The zero-order valence-corrected chi connectivity index (χ0v) is 17.5. The monoisotopic (exact) mass is 368 g/mol. The van der Waals surface area contributed by atoms with E-state index in [1.165, 1.54) is 55.5 Å². The Morgan fingerprint density at radius 2 is 1.68 bits per heavy atom. The summed E-state index contributed by atoms with van der Waals surface area (Å²) in [5.74, 6) is 0.467. The summed E-state index contributed by atoms with van der Waals surface area (Å²) in [7, 11) is 4.32. The van der Waals surface area contributed by atoms with Gasteiger partial charge in [0.25, 0.3) is 6.33 Å². The van der Waals surface area contributed by atoms with Gasteiger partial charge in [-0.15, -0.1) is 0 Å². The second-order valence-corrected chi connectivity index (χ2v) is 8.37. The van der Waals surface area contributed by atoms with Crippen LogP contribution in [0.5, 0.6) is 0 Å². The summed E-state index contributed by atoms with van der Waals surface area (Å²) in [5, 5.41) is 3.92. The van der Waals surface area contributed by atoms with Crippen LogP contribution in [0.3, 0.4) is 0 Å². The molecule has 140 valence electrons. The molecule has 0 bridgehead atoms. The molecule has 0 amide bonds. The van der Waals surface area contributed by atoms with Crippen LogP contribution in [0.2, 0.25) is 0 Å². The highest BCUT2D eigenvalue weighted by atomic mass is 15.1. The summed E-state index contributed by atoms with van der Waals surface area (Å²) in [5.41, 5.74) is 10.3. The molecule has 0 fully saturated rings. The average Bonchev–Trinajstić information content (AvgIpc) is 2.69. The summed E-state index contributed by atoms with van der Waals surface area (Å²) in [6.07, 6.45) is 1.96. The molecule has 3 nitrogen and oxygen atoms in total. The van der Waals surface area contributed by atoms with E-state index in [2.05, 4.69) is 87.7 Å². The fourth-order valence-corrected chi connectivity index (χ4v) is 4.85. The Bertz CT molecular complexity index is 1280. The van der Waals surface area contributed by atoms with Crippen LogP contribution in [-0.4, -0.2) is 12.0 Å². The first-order chi connectivity index (χ1) is 13.4. The van der Waals surface area contributed by atoms with Gasteiger partial charge in [-0.05, 0) is 64.3 Å². The molecule has 2 heterocycles. The van der Waals surface area contributed by atoms with Crippen molar-refractivity contribution in [2.75, 3.05) is 11.9 Å². The summed E-state index contributed by atoms with van der Waals surface area (Å²) < 4.78 is 2.19. The third-order valence-electron chi connectivity index (χ3n) is 6.38. The fraction of sp³-hybridized carbons (Fsp3) is 0.280. The fourth-order valence-electron chi connectivity index (χ4n) is 4.85. The van der Waals surface area contributed by atoms with Crippen molar-refractivity contribution in [1.82, 2.24) is 4.98 Å². The van der Waals surface area contributed by atoms with Crippen molar-refractivity contribution in [3.63, 3.8) is 0 Å². The van der Waals surface area contributed by atoms with E-state index in [-0.39, 0.29) is 0 Å². The minimum absolute atomic E-state index is 0.467. The third kappa shape index (κ3) is 2.10. The summed E-state index contributed by atoms with van der Waals surface area (Å²) in [6, 6.07) is 13.4. The zero-order chi connectivity index (χ0) is 19.7. The van der Waals surface area contributed by atoms with Crippen molar-refractivity contribution < 1.29 is 4.57 Å². The minimum atomic E-state index is 0.467. The van der Waals surface area contributed by atoms with Crippen LogP contribution >= 0.6 is 0 Å². The quantitative estimate of drug-likeness (QED) is 0.402. The molecule has 0 atom stereocenters. The lowest BCUT2D eigenvalue weighted by atomic mass is 9.86. The van der Waals surface area contributed by atoms with Crippen LogP contribution in [0, 0.1) is 13.8 Å². The van der Waals surface area contributed by atoms with Gasteiger partial charge in [-0.3, -0.25) is 0 Å². The minimum Gasteiger partial charge on any atom is -0.343 e. The van der Waals surface area contributed by atoms with Gasteiger partial charge in [-0.25, -0.2) is 4.57 Å². The zero-order valence-electron chi connectivity index (χ0n) is 17.5. The molecule has 0 aliphatic carbocycles. The number of nitrogens with zero attached hydrogens (tertiary/aromatic N) is 3. The Kier molecular flexibility index (Phi) is 3.54. The molecule has 0 saturated carbocycles. The normalized spacial score (nSPS) is 12.9. The SMILES string of the molecule is Cc1c2c(c(C)c3ccccc13)N(C)c1cc(C(C)C)cc3nc[n+](C)c-2c13. The molecule has 4 aromatic rings. The van der Waals surface area contributed by atoms with E-state index in [4.69, 9.17) is 4.98 Å². The molecular weight excluding hydrogens is 342 g/mol. The molecule has 3 heteroatoms. The Labute approximate surface area is 166 Å². The summed E-state index contributed by atoms with van der Waals surface area (Å²) >= 11 is 0. The Morgan fingerprint density at radius 1 is 1.00 bits per heavy atom. The highest BCUT2D eigenvalue weighted by Crippen LogP contribution is 2.50. The lowest BCUT2D eigenvalue weighted by Gasteiger charge is -2.32. The van der Waals surface area contributed by atoms with E-state index < -0.39 is 0 Å². The Hall–Kier alpha value is -2.94. The highest BCUT2D eigenvalue weighted by molar-refractivity contribution is 6.13. The topological polar surface area (TPSA) is 20.0 Å². The van der Waals surface area contributed by atoms with Crippen LogP contribution in [-0.2, 0) is 7.05 Å². The van der Waals surface area contributed by atoms with Gasteiger partial charge in [0.05, 0.1) is 23.8 Å². The maximum atomic E-state index is 4.79. The van der Waals surface area contributed by atoms with Crippen LogP contribution in [0.15, 0.2) is 42.7 Å². The predicted molar refractivity (Wildman–Crippen MR) is 117 cm³/mol. The van der Waals surface area contributed by atoms with E-state index in [0.717, 1.165) is 5.52 Å². The number of hydrogen-bond donors (Lipinski definition) is 0. The van der Waals surface area contributed by atoms with Gasteiger partial charge < -0.3 is 4.90 Å². The van der Waals surface area contributed by atoms with E-state index in [1.807, 2.05) is 6.33 Å². The van der Waals surface area contributed by atoms with Crippen molar-refractivity contribution >= 4 is 33.1 Å². The molecule has 0 radical (unpaired) electrons. The molecule has 5 rings (SSSR count). The lowest BCUT2D eigenvalue weighted by molar-refractivity contribution is -0.662. The van der Waals surface area contributed by atoms with E-state index in [1.54, 1.807) is 0 Å². The number of hydrogen-bond acceptors (Lipinski definition) is 2. The average molecular weight is 369 g/mol. The molecule has 0 N–H and O–H groups in total. The number of fused-ring (bicyclic) bond motifs is 3. The van der Waals surface area contributed by atoms with Crippen molar-refractivity contribution in [3.8, 4) is 11.3 Å². The van der Waals surface area contributed by atoms with Gasteiger partial charge in [0.15, 0.2) is 5.52 Å². The molecule has 28 heavy (non-hydrogen) atoms. The largest absolute Gasteiger partial charge is 0.343 e. The van der Waals surface area contributed by atoms with Crippen LogP contribution in [0.4, 0.5) is 11.4 Å². The maximum Gasteiger partial charge on any atom is 0.287 e. The second kappa shape index (κ2) is 5.78. The first-order valence-corrected chi connectivity index (χ1v) is 9.98. The number of benzene rings is 3. The predicted octanol–water partition coefficient (Wildman–Crippen LogP) is 5.70. The standard InChI is InChI=1S/C25H26N3/c1-14(2)17-11-20-23-21(12-17)28(6)24-16(4)19-10-8-7-9-18(19)15(3)22(24)25(23)27(5)13-26-20/h7-14H,1-6H3/q+1. The second-order valence-electron chi connectivity index (χ2n) is 8.37. The van der Waals surface area contributed by atoms with Gasteiger partial charge in [-0.2, -0.15) is 0 Å². The van der Waals surface area contributed by atoms with E-state index in [0.29, 0.717) is 5.92 Å². The Balaban J connectivity index is 2.03. The molecular formula is C25H26N3+. The molecule has 0 saturated heterocycles. The van der Waals surface area contributed by atoms with Gasteiger partial charge in [0.1, 0.15) is 5.69 Å². The number of anilines is 2. The van der Waals surface area contributed by atoms with Gasteiger partial charge in [0, 0.05) is 12.6 Å². The molecule has 1 aliphatic rings. The number of rotatable bonds is 1. The molecule has 0 unspecified atom stereocenters. The molecule has 3 aromatic carbocycles. The maximum absolute atomic E-state index is 4.79. The Morgan fingerprint density at radius 3 is 2.36 bits per heavy atom. The lowest BCUT2D eigenvalue weighted by Crippen LogP contribution is -2.34. The summed E-state index contributed by atoms with van der Waals surface area (Å²) in [4.78, 5) is 7.17. The number of aryl methyl sites for hydroxylation is 3. The number of aromatic nitrogens is 2. The van der Waals surface area contributed by atoms with Crippen LogP contribution in [0.1, 0.15) is 36.5 Å². The smallest absolute Gasteiger partial charge is 0.287 e.